The molecule has 2 heterocycles. The van der Waals surface area contributed by atoms with Crippen LogP contribution in [-0.4, -0.2) is 54.1 Å². The Morgan fingerprint density at radius 1 is 1.03 bits per heavy atom. The Kier molecular flexibility index (Phi) is 5.93. The van der Waals surface area contributed by atoms with Gasteiger partial charge in [-0.05, 0) is 54.0 Å². The lowest BCUT2D eigenvalue weighted by Gasteiger charge is -2.17. The third-order valence-electron chi connectivity index (χ3n) is 6.48. The Hall–Kier alpha value is -2.77. The van der Waals surface area contributed by atoms with Crippen molar-refractivity contribution in [2.75, 3.05) is 26.3 Å². The third-order valence-corrected chi connectivity index (χ3v) is 6.48. The van der Waals surface area contributed by atoms with E-state index in [9.17, 15) is 14.0 Å². The van der Waals surface area contributed by atoms with Crippen molar-refractivity contribution >= 4 is 11.9 Å². The molecule has 3 aliphatic rings. The van der Waals surface area contributed by atoms with Crippen LogP contribution in [-0.2, 0) is 22.6 Å². The highest BCUT2D eigenvalue weighted by molar-refractivity contribution is 6.02. The fourth-order valence-corrected chi connectivity index (χ4v) is 4.32. The van der Waals surface area contributed by atoms with Crippen LogP contribution in [0.5, 0.6) is 0 Å². The van der Waals surface area contributed by atoms with Crippen LogP contribution < -0.4 is 5.32 Å². The number of hydrogen-bond acceptors (Lipinski definition) is 4. The lowest BCUT2D eigenvalue weighted by atomic mass is 10.0. The Bertz CT molecular complexity index is 1000. The molecule has 32 heavy (non-hydrogen) atoms. The van der Waals surface area contributed by atoms with Crippen molar-refractivity contribution in [2.45, 2.75) is 38.4 Å². The fourth-order valence-electron chi connectivity index (χ4n) is 4.32. The monoisotopic (exact) mass is 437 g/mol. The number of nitrogens with one attached hydrogen (secondary N) is 1. The molecule has 2 saturated heterocycles. The quantitative estimate of drug-likeness (QED) is 0.642. The molecular formula is C25H28FN3O3. The Balaban J connectivity index is 1.23. The van der Waals surface area contributed by atoms with E-state index >= 15 is 0 Å². The summed E-state index contributed by atoms with van der Waals surface area (Å²) in [7, 11) is 0. The number of benzene rings is 2. The van der Waals surface area contributed by atoms with Crippen molar-refractivity contribution in [3.63, 3.8) is 0 Å². The molecule has 3 fully saturated rings. The zero-order valence-corrected chi connectivity index (χ0v) is 18.1. The van der Waals surface area contributed by atoms with Gasteiger partial charge in [0.15, 0.2) is 0 Å². The van der Waals surface area contributed by atoms with Crippen molar-refractivity contribution in [1.82, 2.24) is 15.1 Å². The highest BCUT2D eigenvalue weighted by Gasteiger charge is 2.39. The predicted octanol–water partition coefficient (Wildman–Crippen LogP) is 3.55. The second kappa shape index (κ2) is 9.00. The van der Waals surface area contributed by atoms with Gasteiger partial charge in [-0.25, -0.2) is 9.18 Å². The van der Waals surface area contributed by atoms with E-state index in [1.54, 1.807) is 11.0 Å². The number of rotatable bonds is 8. The number of ether oxygens (including phenoxy) is 1. The molecule has 1 saturated carbocycles. The summed E-state index contributed by atoms with van der Waals surface area (Å²) < 4.78 is 19.7. The molecule has 6 nitrogen and oxygen atoms in total. The molecule has 1 N–H and O–H groups in total. The number of carbonyl (C=O) groups is 2. The summed E-state index contributed by atoms with van der Waals surface area (Å²) in [6.07, 6.45) is 3.16. The SMILES string of the molecule is O=C1CN(Cc2ccc(-c3ccc(F)c(CN[C@H]4CCOC4)c3)cc2)C(=O)N1CC1CC1. The van der Waals surface area contributed by atoms with Crippen molar-refractivity contribution in [3.8, 4) is 11.1 Å². The van der Waals surface area contributed by atoms with Gasteiger partial charge in [0.05, 0.1) is 6.61 Å². The molecule has 0 unspecified atom stereocenters. The van der Waals surface area contributed by atoms with Gasteiger partial charge in [-0.2, -0.15) is 0 Å². The summed E-state index contributed by atoms with van der Waals surface area (Å²) in [5.41, 5.74) is 3.53. The molecule has 0 spiro atoms. The van der Waals surface area contributed by atoms with Gasteiger partial charge in [-0.3, -0.25) is 9.69 Å². The molecule has 1 atom stereocenters. The summed E-state index contributed by atoms with van der Waals surface area (Å²) in [6, 6.07) is 13.2. The average molecular weight is 438 g/mol. The molecule has 1 aliphatic carbocycles. The summed E-state index contributed by atoms with van der Waals surface area (Å²) in [4.78, 5) is 27.8. The standard InChI is InChI=1S/C25H28FN3O3/c26-23-8-7-20(11-21(23)12-27-22-9-10-32-16-22)19-5-3-17(4-6-19)13-28-15-24(30)29(25(28)31)14-18-1-2-18/h3-8,11,18,22,27H,1-2,9-10,12-16H2/t22-/m0/s1. The molecule has 2 aliphatic heterocycles. The van der Waals surface area contributed by atoms with Gasteiger partial charge in [0, 0.05) is 37.8 Å². The maximum absolute atomic E-state index is 14.3. The summed E-state index contributed by atoms with van der Waals surface area (Å²) >= 11 is 0. The number of halogens is 1. The first-order chi connectivity index (χ1) is 15.6. The van der Waals surface area contributed by atoms with E-state index in [4.69, 9.17) is 4.74 Å². The number of urea groups is 1. The number of hydrogen-bond donors (Lipinski definition) is 1. The van der Waals surface area contributed by atoms with Crippen molar-refractivity contribution in [2.24, 2.45) is 5.92 Å². The topological polar surface area (TPSA) is 61.9 Å². The van der Waals surface area contributed by atoms with Gasteiger partial charge >= 0.3 is 6.03 Å². The smallest absolute Gasteiger partial charge is 0.327 e. The normalized spacial score (nSPS) is 21.1. The van der Waals surface area contributed by atoms with Crippen LogP contribution in [0.2, 0.25) is 0 Å². The van der Waals surface area contributed by atoms with Gasteiger partial charge in [-0.15, -0.1) is 0 Å². The molecule has 168 valence electrons. The van der Waals surface area contributed by atoms with E-state index in [2.05, 4.69) is 5.32 Å². The zero-order chi connectivity index (χ0) is 22.1. The Labute approximate surface area is 187 Å². The van der Waals surface area contributed by atoms with Crippen molar-refractivity contribution in [1.29, 1.82) is 0 Å². The molecular weight excluding hydrogens is 409 g/mol. The van der Waals surface area contributed by atoms with Gasteiger partial charge in [0.1, 0.15) is 12.4 Å². The highest BCUT2D eigenvalue weighted by atomic mass is 19.1. The number of imide groups is 1. The molecule has 5 rings (SSSR count). The van der Waals surface area contributed by atoms with Crippen molar-refractivity contribution in [3.05, 3.63) is 59.4 Å². The van der Waals surface area contributed by atoms with Gasteiger partial charge < -0.3 is 15.0 Å². The molecule has 0 aromatic heterocycles. The fraction of sp³-hybridized carbons (Fsp3) is 0.440. The second-order valence-electron chi connectivity index (χ2n) is 9.03. The molecule has 7 heteroatoms. The zero-order valence-electron chi connectivity index (χ0n) is 18.1. The molecule has 3 amide bonds. The number of amides is 3. The first-order valence-electron chi connectivity index (χ1n) is 11.3. The summed E-state index contributed by atoms with van der Waals surface area (Å²) in [6.45, 7) is 3.01. The molecule has 2 aromatic carbocycles. The van der Waals surface area contributed by atoms with Gasteiger partial charge in [0.25, 0.3) is 0 Å². The van der Waals surface area contributed by atoms with E-state index in [0.29, 0.717) is 37.7 Å². The van der Waals surface area contributed by atoms with Crippen LogP contribution in [0.4, 0.5) is 9.18 Å². The van der Waals surface area contributed by atoms with Crippen LogP contribution in [0.1, 0.15) is 30.4 Å². The number of carbonyl (C=O) groups excluding carboxylic acids is 2. The van der Waals surface area contributed by atoms with E-state index in [1.165, 1.54) is 11.0 Å². The largest absolute Gasteiger partial charge is 0.380 e. The second-order valence-corrected chi connectivity index (χ2v) is 9.03. The van der Waals surface area contributed by atoms with Crippen LogP contribution >= 0.6 is 0 Å². The minimum atomic E-state index is -0.218. The third kappa shape index (κ3) is 4.69. The first-order valence-corrected chi connectivity index (χ1v) is 11.3. The minimum absolute atomic E-state index is 0.102. The Morgan fingerprint density at radius 2 is 1.81 bits per heavy atom. The highest BCUT2D eigenvalue weighted by Crippen LogP contribution is 2.31. The van der Waals surface area contributed by atoms with E-state index in [0.717, 1.165) is 42.6 Å². The van der Waals surface area contributed by atoms with Crippen LogP contribution in [0.25, 0.3) is 11.1 Å². The van der Waals surface area contributed by atoms with E-state index in [-0.39, 0.29) is 30.3 Å². The average Bonchev–Trinajstić information content (AvgIpc) is 3.40. The van der Waals surface area contributed by atoms with Crippen molar-refractivity contribution < 1.29 is 18.7 Å². The summed E-state index contributed by atoms with van der Waals surface area (Å²) in [5.74, 6) is 0.171. The van der Waals surface area contributed by atoms with Crippen LogP contribution in [0.15, 0.2) is 42.5 Å². The Morgan fingerprint density at radius 3 is 2.53 bits per heavy atom. The lowest BCUT2D eigenvalue weighted by Crippen LogP contribution is -2.34. The first kappa shape index (κ1) is 21.1. The predicted molar refractivity (Wildman–Crippen MR) is 118 cm³/mol. The molecule has 0 radical (unpaired) electrons. The van der Waals surface area contributed by atoms with Gasteiger partial charge in [-0.1, -0.05) is 30.3 Å². The number of nitrogens with zero attached hydrogens (tertiary/aromatic N) is 2. The van der Waals surface area contributed by atoms with Crippen LogP contribution in [0, 0.1) is 11.7 Å². The molecule has 0 bridgehead atoms. The van der Waals surface area contributed by atoms with Crippen LogP contribution in [0.3, 0.4) is 0 Å². The van der Waals surface area contributed by atoms with Gasteiger partial charge in [0.2, 0.25) is 5.91 Å². The summed E-state index contributed by atoms with van der Waals surface area (Å²) in [5, 5.41) is 3.36. The van der Waals surface area contributed by atoms with E-state index < -0.39 is 0 Å². The minimum Gasteiger partial charge on any atom is -0.380 e. The van der Waals surface area contributed by atoms with E-state index in [1.807, 2.05) is 30.3 Å². The molecule has 2 aromatic rings. The maximum Gasteiger partial charge on any atom is 0.327 e. The lowest BCUT2D eigenvalue weighted by molar-refractivity contribution is -0.125. The maximum atomic E-state index is 14.3.